The van der Waals surface area contributed by atoms with E-state index in [0.717, 1.165) is 58.7 Å². The highest BCUT2D eigenvalue weighted by Crippen LogP contribution is 2.51. The van der Waals surface area contributed by atoms with Crippen LogP contribution < -0.4 is 14.5 Å². The van der Waals surface area contributed by atoms with Crippen molar-refractivity contribution in [1.29, 1.82) is 0 Å². The van der Waals surface area contributed by atoms with Crippen molar-refractivity contribution in [2.75, 3.05) is 16.5 Å². The molecule has 0 N–H and O–H groups in total. The largest absolute Gasteiger partial charge is 0.457 e. The van der Waals surface area contributed by atoms with E-state index in [9.17, 15) is 4.11 Å². The van der Waals surface area contributed by atoms with Gasteiger partial charge in [0.25, 0.3) is 0 Å². The molecule has 0 amide bonds. The van der Waals surface area contributed by atoms with Crippen molar-refractivity contribution in [2.24, 2.45) is 0 Å². The van der Waals surface area contributed by atoms with Gasteiger partial charge in [-0.15, -0.1) is 0 Å². The molecule has 10 aromatic rings. The van der Waals surface area contributed by atoms with Crippen LogP contribution in [0.2, 0.25) is 0 Å². The van der Waals surface area contributed by atoms with Crippen LogP contribution in [0.1, 0.15) is 147 Å². The Morgan fingerprint density at radius 3 is 1.91 bits per heavy atom. The van der Waals surface area contributed by atoms with Gasteiger partial charge in [0.15, 0.2) is 0 Å². The summed E-state index contributed by atoms with van der Waals surface area (Å²) < 4.78 is 82.5. The zero-order chi connectivity index (χ0) is 62.9. The third kappa shape index (κ3) is 10.8. The van der Waals surface area contributed by atoms with E-state index in [2.05, 4.69) is 116 Å². The van der Waals surface area contributed by atoms with Gasteiger partial charge in [-0.3, -0.25) is 4.57 Å². The lowest BCUT2D eigenvalue weighted by molar-refractivity contribution is 0.483. The molecule has 5 nitrogen and oxygen atoms in total. The van der Waals surface area contributed by atoms with E-state index in [-0.39, 0.29) is 41.2 Å². The minimum Gasteiger partial charge on any atom is -0.457 e. The van der Waals surface area contributed by atoms with Gasteiger partial charge in [0.2, 0.25) is 0 Å². The Labute approximate surface area is 488 Å². The summed E-state index contributed by atoms with van der Waals surface area (Å²) in [5, 5.41) is 2.45. The van der Waals surface area contributed by atoms with Crippen LogP contribution in [-0.4, -0.2) is 16.2 Å². The first-order chi connectivity index (χ1) is 41.8. The molecule has 5 heteroatoms. The van der Waals surface area contributed by atoms with Crippen molar-refractivity contribution in [3.8, 4) is 50.7 Å². The molecule has 0 saturated heterocycles. The van der Waals surface area contributed by atoms with Crippen molar-refractivity contribution in [3.63, 3.8) is 0 Å². The minimum atomic E-state index is -0.619. The number of anilines is 4. The van der Waals surface area contributed by atoms with E-state index in [1.165, 1.54) is 53.1 Å². The summed E-state index contributed by atoms with van der Waals surface area (Å²) in [6.45, 7) is 23.7. The van der Waals surface area contributed by atoms with E-state index in [0.29, 0.717) is 57.2 Å². The number of aryl methyl sites for hydroxylation is 2. The Morgan fingerprint density at radius 2 is 1.20 bits per heavy atom. The second kappa shape index (κ2) is 22.0. The summed E-state index contributed by atoms with van der Waals surface area (Å²) in [6, 6.07) is 43.7. The Balaban J connectivity index is 1.06. The Hall–Kier alpha value is -7.89. The monoisotopic (exact) mass is 1060 g/mol. The van der Waals surface area contributed by atoms with E-state index in [1.54, 1.807) is 6.07 Å². The van der Waals surface area contributed by atoms with Gasteiger partial charge in [-0.05, 0) is 146 Å². The average Bonchev–Trinajstić information content (AvgIpc) is 1.23. The standard InChI is InChI=1S/C75H80N4O/c1-12-14-15-17-28-52-37-40-68-71(62(52)25-13-2)65-39-38-61(49-69(65)79(68)70-47-56(41-42-76-70)73(3,4)5)80-60-32-23-31-59(48-60)77-50-78(67-36-21-20-35-66(67)77)72-63(54-30-22-29-53(43-54)51-26-18-16-19-27-51)33-24-34-64(72)55-44-57(74(6,7)8)46-58(45-55)75(9,10)11/h16,18-24,26-27,29-49H,12-15,17,25,28,50H2,1-11H3/i16D,18D,19D,26D,27D,44D,45D,46D. The second-order valence-electron chi connectivity index (χ2n) is 24.7. The number of hydrogen-bond donors (Lipinski definition) is 0. The molecule has 406 valence electrons. The van der Waals surface area contributed by atoms with Crippen molar-refractivity contribution < 1.29 is 15.7 Å². The van der Waals surface area contributed by atoms with Gasteiger partial charge in [0.05, 0.1) is 39.1 Å². The lowest BCUT2D eigenvalue weighted by atomic mass is 9.78. The fourth-order valence-electron chi connectivity index (χ4n) is 11.4. The lowest BCUT2D eigenvalue weighted by Crippen LogP contribution is -2.25. The Morgan fingerprint density at radius 1 is 0.525 bits per heavy atom. The molecule has 0 saturated carbocycles. The molecule has 2 aromatic heterocycles. The molecule has 0 spiro atoms. The Bertz CT molecular complexity index is 4280. The van der Waals surface area contributed by atoms with Gasteiger partial charge < -0.3 is 14.5 Å². The average molecular weight is 1060 g/mol. The number of nitrogens with zero attached hydrogens (tertiary/aromatic N) is 4. The van der Waals surface area contributed by atoms with Gasteiger partial charge >= 0.3 is 0 Å². The minimum absolute atomic E-state index is 0.0856. The summed E-state index contributed by atoms with van der Waals surface area (Å²) in [4.78, 5) is 9.52. The molecule has 0 radical (unpaired) electrons. The van der Waals surface area contributed by atoms with Crippen LogP contribution in [0.15, 0.2) is 188 Å². The lowest BCUT2D eigenvalue weighted by Gasteiger charge is -2.29. The van der Waals surface area contributed by atoms with Crippen molar-refractivity contribution in [3.05, 3.63) is 216 Å². The molecule has 11 rings (SSSR count). The number of hydrogen-bond acceptors (Lipinski definition) is 4. The molecule has 1 aliphatic heterocycles. The summed E-state index contributed by atoms with van der Waals surface area (Å²) in [7, 11) is 0. The molecule has 80 heavy (non-hydrogen) atoms. The SMILES string of the molecule is [2H]c1c([2H])c([2H])c(-c2cccc(-c3cccc(-c4c([2H])c(C(C)(C)C)c([2H])c(C(C)(C)C)c4[2H])c3N3CN(c4cccc(Oc5ccc6c7c(CCC)c(CCCCCC)ccc7n(-c7cc(C(C)(C)C)ccn7)c6c5)c4)c4ccccc43)c2)c([2H])c1[2H]. The second-order valence-corrected chi connectivity index (χ2v) is 24.7. The highest BCUT2D eigenvalue weighted by Gasteiger charge is 2.33. The number of rotatable bonds is 15. The van der Waals surface area contributed by atoms with E-state index in [4.69, 9.17) is 16.6 Å². The van der Waals surface area contributed by atoms with Crippen LogP contribution >= 0.6 is 0 Å². The maximum atomic E-state index is 10.1. The maximum absolute atomic E-state index is 10.1. The van der Waals surface area contributed by atoms with Crippen molar-refractivity contribution in [1.82, 2.24) is 9.55 Å². The van der Waals surface area contributed by atoms with Crippen LogP contribution in [0.4, 0.5) is 22.7 Å². The molecule has 0 bridgehead atoms. The fraction of sp³-hybridized carbons (Fsp3) is 0.293. The number of pyridine rings is 1. The smallest absolute Gasteiger partial charge is 0.137 e. The van der Waals surface area contributed by atoms with E-state index in [1.807, 2.05) is 108 Å². The van der Waals surface area contributed by atoms with E-state index >= 15 is 0 Å². The zero-order valence-electron chi connectivity index (χ0n) is 56.6. The number of ether oxygens (including phenoxy) is 1. The third-order valence-corrected chi connectivity index (χ3v) is 15.6. The molecular formula is C75H80N4O. The predicted octanol–water partition coefficient (Wildman–Crippen LogP) is 21.2. The Kier molecular flexibility index (Phi) is 12.3. The number of unbranched alkanes of at least 4 members (excludes halogenated alkanes) is 3. The van der Waals surface area contributed by atoms with Crippen LogP contribution in [0.5, 0.6) is 11.5 Å². The van der Waals surface area contributed by atoms with Crippen molar-refractivity contribution >= 4 is 44.6 Å². The summed E-state index contributed by atoms with van der Waals surface area (Å²) >= 11 is 0. The molecule has 0 fully saturated rings. The molecule has 3 heterocycles. The van der Waals surface area contributed by atoms with Crippen molar-refractivity contribution in [2.45, 2.75) is 137 Å². The van der Waals surface area contributed by atoms with Gasteiger partial charge in [0.1, 0.15) is 24.0 Å². The van der Waals surface area contributed by atoms with Gasteiger partial charge in [-0.2, -0.15) is 0 Å². The number of benzene rings is 8. The number of para-hydroxylation sites is 3. The molecule has 1 aliphatic rings. The predicted molar refractivity (Wildman–Crippen MR) is 341 cm³/mol. The maximum Gasteiger partial charge on any atom is 0.137 e. The normalized spacial score (nSPS) is 14.3. The van der Waals surface area contributed by atoms with Gasteiger partial charge in [-0.25, -0.2) is 4.98 Å². The topological polar surface area (TPSA) is 33.5 Å². The van der Waals surface area contributed by atoms with Crippen LogP contribution in [0.3, 0.4) is 0 Å². The number of fused-ring (bicyclic) bond motifs is 4. The first-order valence-electron chi connectivity index (χ1n) is 32.8. The van der Waals surface area contributed by atoms with Crippen LogP contribution in [-0.2, 0) is 29.1 Å². The first-order valence-corrected chi connectivity index (χ1v) is 28.8. The quantitative estimate of drug-likeness (QED) is 0.0958. The highest BCUT2D eigenvalue weighted by atomic mass is 16.5. The number of aromatic nitrogens is 2. The zero-order valence-corrected chi connectivity index (χ0v) is 48.6. The summed E-state index contributed by atoms with van der Waals surface area (Å²) in [5.41, 5.74) is 12.4. The molecule has 0 atom stereocenters. The highest BCUT2D eigenvalue weighted by molar-refractivity contribution is 6.11. The summed E-state index contributed by atoms with van der Waals surface area (Å²) in [5.74, 6) is 2.20. The van der Waals surface area contributed by atoms with Crippen LogP contribution in [0, 0.1) is 0 Å². The van der Waals surface area contributed by atoms with Gasteiger partial charge in [-0.1, -0.05) is 211 Å². The van der Waals surface area contributed by atoms with E-state index < -0.39 is 29.0 Å². The first kappa shape index (κ1) is 44.9. The van der Waals surface area contributed by atoms with Gasteiger partial charge in [0, 0.05) is 45.9 Å². The summed E-state index contributed by atoms with van der Waals surface area (Å²) in [6.07, 6.45) is 9.83. The van der Waals surface area contributed by atoms with Crippen LogP contribution in [0.25, 0.3) is 61.0 Å². The molecule has 0 aliphatic carbocycles. The molecule has 8 aromatic carbocycles. The fourth-order valence-corrected chi connectivity index (χ4v) is 11.4. The molecular weight excluding hydrogens is 973 g/mol. The molecule has 0 unspecified atom stereocenters. The third-order valence-electron chi connectivity index (χ3n) is 15.6.